The Kier molecular flexibility index (Phi) is 3.44. The molecule has 2 nitrogen and oxygen atoms in total. The van der Waals surface area contributed by atoms with E-state index in [1.54, 1.807) is 12.1 Å². The SMILES string of the molecule is COc1ccc(C(C)C2CCNC2)cc1F. The Labute approximate surface area is 95.8 Å². The van der Waals surface area contributed by atoms with Crippen LogP contribution in [-0.4, -0.2) is 20.2 Å². The Hall–Kier alpha value is -1.09. The molecular formula is C13H18FNO. The highest BCUT2D eigenvalue weighted by atomic mass is 19.1. The van der Waals surface area contributed by atoms with E-state index in [4.69, 9.17) is 4.74 Å². The van der Waals surface area contributed by atoms with E-state index in [0.717, 1.165) is 18.7 Å². The maximum absolute atomic E-state index is 13.6. The van der Waals surface area contributed by atoms with Crippen LogP contribution in [0.4, 0.5) is 4.39 Å². The lowest BCUT2D eigenvalue weighted by atomic mass is 9.87. The Morgan fingerprint density at radius 3 is 2.88 bits per heavy atom. The van der Waals surface area contributed by atoms with Gasteiger partial charge in [-0.05, 0) is 49.0 Å². The van der Waals surface area contributed by atoms with Crippen molar-refractivity contribution >= 4 is 0 Å². The van der Waals surface area contributed by atoms with Crippen molar-refractivity contribution in [2.24, 2.45) is 5.92 Å². The van der Waals surface area contributed by atoms with Gasteiger partial charge in [0.05, 0.1) is 7.11 Å². The average Bonchev–Trinajstić information content (AvgIpc) is 2.81. The van der Waals surface area contributed by atoms with Gasteiger partial charge in [-0.25, -0.2) is 4.39 Å². The first-order valence-corrected chi connectivity index (χ1v) is 5.76. The first-order chi connectivity index (χ1) is 7.72. The van der Waals surface area contributed by atoms with Gasteiger partial charge in [0.15, 0.2) is 11.6 Å². The van der Waals surface area contributed by atoms with Gasteiger partial charge in [-0.15, -0.1) is 0 Å². The zero-order chi connectivity index (χ0) is 11.5. The number of halogens is 1. The summed E-state index contributed by atoms with van der Waals surface area (Å²) in [5, 5.41) is 3.34. The lowest BCUT2D eigenvalue weighted by molar-refractivity contribution is 0.385. The quantitative estimate of drug-likeness (QED) is 0.850. The van der Waals surface area contributed by atoms with Crippen LogP contribution < -0.4 is 10.1 Å². The van der Waals surface area contributed by atoms with Crippen molar-refractivity contribution in [3.8, 4) is 5.75 Å². The molecule has 1 aromatic carbocycles. The van der Waals surface area contributed by atoms with E-state index in [2.05, 4.69) is 12.2 Å². The topological polar surface area (TPSA) is 21.3 Å². The van der Waals surface area contributed by atoms with Gasteiger partial charge in [0.2, 0.25) is 0 Å². The molecule has 1 aromatic rings. The molecular weight excluding hydrogens is 205 g/mol. The molecule has 3 heteroatoms. The Morgan fingerprint density at radius 1 is 1.50 bits per heavy atom. The molecule has 1 aliphatic rings. The largest absolute Gasteiger partial charge is 0.494 e. The van der Waals surface area contributed by atoms with Gasteiger partial charge >= 0.3 is 0 Å². The van der Waals surface area contributed by atoms with Crippen LogP contribution in [-0.2, 0) is 0 Å². The van der Waals surface area contributed by atoms with Crippen LogP contribution >= 0.6 is 0 Å². The van der Waals surface area contributed by atoms with Crippen molar-refractivity contribution < 1.29 is 9.13 Å². The molecule has 16 heavy (non-hydrogen) atoms. The average molecular weight is 223 g/mol. The summed E-state index contributed by atoms with van der Waals surface area (Å²) in [6, 6.07) is 5.27. The Bertz CT molecular complexity index is 361. The maximum Gasteiger partial charge on any atom is 0.165 e. The molecule has 1 aliphatic heterocycles. The van der Waals surface area contributed by atoms with Gasteiger partial charge in [0.1, 0.15) is 0 Å². The fourth-order valence-corrected chi connectivity index (χ4v) is 2.34. The molecule has 1 heterocycles. The second kappa shape index (κ2) is 4.83. The Morgan fingerprint density at radius 2 is 2.31 bits per heavy atom. The summed E-state index contributed by atoms with van der Waals surface area (Å²) >= 11 is 0. The summed E-state index contributed by atoms with van der Waals surface area (Å²) in [4.78, 5) is 0. The summed E-state index contributed by atoms with van der Waals surface area (Å²) < 4.78 is 18.5. The molecule has 1 fully saturated rings. The lowest BCUT2D eigenvalue weighted by Gasteiger charge is -2.19. The van der Waals surface area contributed by atoms with E-state index < -0.39 is 0 Å². The molecule has 0 amide bonds. The van der Waals surface area contributed by atoms with E-state index >= 15 is 0 Å². The normalized spacial score (nSPS) is 22.1. The summed E-state index contributed by atoms with van der Waals surface area (Å²) in [5.74, 6) is 1.07. The highest BCUT2D eigenvalue weighted by molar-refractivity contribution is 5.31. The van der Waals surface area contributed by atoms with Crippen LogP contribution in [0.1, 0.15) is 24.8 Å². The van der Waals surface area contributed by atoms with Gasteiger partial charge in [-0.2, -0.15) is 0 Å². The minimum atomic E-state index is -0.266. The molecule has 0 bridgehead atoms. The highest BCUT2D eigenvalue weighted by Gasteiger charge is 2.23. The summed E-state index contributed by atoms with van der Waals surface area (Å²) in [5.41, 5.74) is 1.06. The van der Waals surface area contributed by atoms with Crippen LogP contribution in [0, 0.1) is 11.7 Å². The van der Waals surface area contributed by atoms with Gasteiger partial charge < -0.3 is 10.1 Å². The maximum atomic E-state index is 13.6. The van der Waals surface area contributed by atoms with Crippen LogP contribution in [0.2, 0.25) is 0 Å². The fourth-order valence-electron chi connectivity index (χ4n) is 2.34. The molecule has 0 aromatic heterocycles. The van der Waals surface area contributed by atoms with E-state index in [-0.39, 0.29) is 5.82 Å². The number of hydrogen-bond donors (Lipinski definition) is 1. The molecule has 0 radical (unpaired) electrons. The van der Waals surface area contributed by atoms with Crippen molar-refractivity contribution in [1.29, 1.82) is 0 Å². The number of benzene rings is 1. The summed E-state index contributed by atoms with van der Waals surface area (Å²) in [7, 11) is 1.49. The zero-order valence-electron chi connectivity index (χ0n) is 9.79. The van der Waals surface area contributed by atoms with Crippen molar-refractivity contribution in [1.82, 2.24) is 5.32 Å². The number of ether oxygens (including phenoxy) is 1. The third-order valence-electron chi connectivity index (χ3n) is 3.51. The summed E-state index contributed by atoms with van der Waals surface area (Å²) in [6.45, 7) is 4.28. The second-order valence-corrected chi connectivity index (χ2v) is 4.44. The molecule has 0 saturated carbocycles. The molecule has 88 valence electrons. The first kappa shape index (κ1) is 11.4. The smallest absolute Gasteiger partial charge is 0.165 e. The van der Waals surface area contributed by atoms with Crippen LogP contribution in [0.15, 0.2) is 18.2 Å². The summed E-state index contributed by atoms with van der Waals surface area (Å²) in [6.07, 6.45) is 1.18. The van der Waals surface area contributed by atoms with Gasteiger partial charge in [-0.1, -0.05) is 13.0 Å². The molecule has 2 unspecified atom stereocenters. The lowest BCUT2D eigenvalue weighted by Crippen LogP contribution is -2.14. The van der Waals surface area contributed by atoms with E-state index in [1.165, 1.54) is 13.5 Å². The number of hydrogen-bond acceptors (Lipinski definition) is 2. The van der Waals surface area contributed by atoms with Crippen LogP contribution in [0.5, 0.6) is 5.75 Å². The first-order valence-electron chi connectivity index (χ1n) is 5.76. The standard InChI is InChI=1S/C13H18FNO/c1-9(11-5-6-15-8-11)10-3-4-13(16-2)12(14)7-10/h3-4,7,9,11,15H,5-6,8H2,1-2H3. The molecule has 1 N–H and O–H groups in total. The second-order valence-electron chi connectivity index (χ2n) is 4.44. The van der Waals surface area contributed by atoms with Crippen LogP contribution in [0.3, 0.4) is 0 Å². The predicted molar refractivity (Wildman–Crippen MR) is 62.3 cm³/mol. The number of rotatable bonds is 3. The number of nitrogens with one attached hydrogen (secondary N) is 1. The minimum absolute atomic E-state index is 0.266. The van der Waals surface area contributed by atoms with E-state index in [9.17, 15) is 4.39 Å². The van der Waals surface area contributed by atoms with E-state index in [1.807, 2.05) is 6.07 Å². The van der Waals surface area contributed by atoms with Crippen molar-refractivity contribution in [2.75, 3.05) is 20.2 Å². The molecule has 1 saturated heterocycles. The van der Waals surface area contributed by atoms with Gasteiger partial charge in [-0.3, -0.25) is 0 Å². The zero-order valence-corrected chi connectivity index (χ0v) is 9.79. The third-order valence-corrected chi connectivity index (χ3v) is 3.51. The number of methoxy groups -OCH3 is 1. The monoisotopic (exact) mass is 223 g/mol. The molecule has 0 aliphatic carbocycles. The minimum Gasteiger partial charge on any atom is -0.494 e. The van der Waals surface area contributed by atoms with Crippen LogP contribution in [0.25, 0.3) is 0 Å². The Balaban J connectivity index is 2.16. The third kappa shape index (κ3) is 2.19. The molecule has 2 atom stereocenters. The highest BCUT2D eigenvalue weighted by Crippen LogP contribution is 2.30. The van der Waals surface area contributed by atoms with E-state index in [0.29, 0.717) is 17.6 Å². The van der Waals surface area contributed by atoms with Gasteiger partial charge in [0, 0.05) is 0 Å². The van der Waals surface area contributed by atoms with Crippen molar-refractivity contribution in [2.45, 2.75) is 19.3 Å². The predicted octanol–water partition coefficient (Wildman–Crippen LogP) is 2.55. The fraction of sp³-hybridized carbons (Fsp3) is 0.538. The molecule has 2 rings (SSSR count). The van der Waals surface area contributed by atoms with Crippen molar-refractivity contribution in [3.05, 3.63) is 29.6 Å². The molecule has 0 spiro atoms. The van der Waals surface area contributed by atoms with Gasteiger partial charge in [0.25, 0.3) is 0 Å². The van der Waals surface area contributed by atoms with Crippen molar-refractivity contribution in [3.63, 3.8) is 0 Å².